The lowest BCUT2D eigenvalue weighted by molar-refractivity contribution is -0.114. The van der Waals surface area contributed by atoms with Gasteiger partial charge in [0, 0.05) is 5.69 Å². The predicted molar refractivity (Wildman–Crippen MR) is 83.9 cm³/mol. The second-order valence-corrected chi connectivity index (χ2v) is 4.72. The van der Waals surface area contributed by atoms with Gasteiger partial charge in [0.1, 0.15) is 0 Å². The Morgan fingerprint density at radius 3 is 2.81 bits per heavy atom. The lowest BCUT2D eigenvalue weighted by atomic mass is 10.1. The van der Waals surface area contributed by atoms with Gasteiger partial charge in [-0.25, -0.2) is 4.98 Å². The number of benzene rings is 2. The predicted octanol–water partition coefficient (Wildman–Crippen LogP) is 3.28. The van der Waals surface area contributed by atoms with E-state index in [1.165, 1.54) is 6.08 Å². The molecule has 0 spiro atoms. The number of nitrogens with zero attached hydrogens (tertiary/aromatic N) is 2. The summed E-state index contributed by atoms with van der Waals surface area (Å²) in [5, 5.41) is 0. The normalized spacial score (nSPS) is 10.5. The number of imidazole rings is 1. The third-order valence-corrected chi connectivity index (χ3v) is 3.33. The van der Waals surface area contributed by atoms with Crippen LogP contribution in [0.5, 0.6) is 0 Å². The van der Waals surface area contributed by atoms with E-state index >= 15 is 0 Å². The minimum Gasteiger partial charge on any atom is -0.345 e. The zero-order chi connectivity index (χ0) is 14.7. The van der Waals surface area contributed by atoms with Gasteiger partial charge in [-0.15, -0.1) is 0 Å². The standard InChI is InChI=1S/C17H15N3O/c1-2-17(21)20(14-6-4-3-5-7-14)11-13-8-9-15-16(10-13)19-12-18-15/h2-10,12H,1,11H2,(H,18,19). The van der Waals surface area contributed by atoms with Gasteiger partial charge in [-0.05, 0) is 35.9 Å². The fourth-order valence-electron chi connectivity index (χ4n) is 2.28. The molecule has 4 nitrogen and oxygen atoms in total. The monoisotopic (exact) mass is 277 g/mol. The number of para-hydroxylation sites is 1. The number of hydrogen-bond donors (Lipinski definition) is 1. The summed E-state index contributed by atoms with van der Waals surface area (Å²) in [5.74, 6) is -0.120. The molecule has 0 saturated carbocycles. The summed E-state index contributed by atoms with van der Waals surface area (Å²) < 4.78 is 0. The van der Waals surface area contributed by atoms with Crippen LogP contribution < -0.4 is 4.90 Å². The molecule has 0 aliphatic rings. The van der Waals surface area contributed by atoms with Crippen molar-refractivity contribution in [1.29, 1.82) is 0 Å². The molecule has 0 saturated heterocycles. The number of fused-ring (bicyclic) bond motifs is 1. The number of nitrogens with one attached hydrogen (secondary N) is 1. The maximum Gasteiger partial charge on any atom is 0.250 e. The highest BCUT2D eigenvalue weighted by atomic mass is 16.2. The molecule has 2 aromatic carbocycles. The van der Waals surface area contributed by atoms with Crippen molar-refractivity contribution in [2.75, 3.05) is 4.90 Å². The van der Waals surface area contributed by atoms with Crippen LogP contribution in [0.2, 0.25) is 0 Å². The first kappa shape index (κ1) is 13.1. The lowest BCUT2D eigenvalue weighted by Crippen LogP contribution is -2.28. The molecule has 0 aliphatic carbocycles. The SMILES string of the molecule is C=CC(=O)N(Cc1ccc2nc[nH]c2c1)c1ccccc1. The van der Waals surface area contributed by atoms with Gasteiger partial charge < -0.3 is 9.88 Å². The van der Waals surface area contributed by atoms with Crippen molar-refractivity contribution < 1.29 is 4.79 Å². The Labute approximate surface area is 122 Å². The number of amides is 1. The zero-order valence-electron chi connectivity index (χ0n) is 11.5. The summed E-state index contributed by atoms with van der Waals surface area (Å²) in [5.41, 5.74) is 3.77. The number of aromatic amines is 1. The fourth-order valence-corrected chi connectivity index (χ4v) is 2.28. The van der Waals surface area contributed by atoms with Gasteiger partial charge in [-0.2, -0.15) is 0 Å². The Morgan fingerprint density at radius 1 is 1.24 bits per heavy atom. The maximum absolute atomic E-state index is 12.1. The van der Waals surface area contributed by atoms with Crippen LogP contribution in [0, 0.1) is 0 Å². The molecule has 4 heteroatoms. The smallest absolute Gasteiger partial charge is 0.250 e. The zero-order valence-corrected chi connectivity index (χ0v) is 11.5. The van der Waals surface area contributed by atoms with Crippen LogP contribution >= 0.6 is 0 Å². The number of rotatable bonds is 4. The van der Waals surface area contributed by atoms with Crippen molar-refractivity contribution in [3.8, 4) is 0 Å². The van der Waals surface area contributed by atoms with E-state index in [4.69, 9.17) is 0 Å². The molecule has 0 aliphatic heterocycles. The van der Waals surface area contributed by atoms with Crippen molar-refractivity contribution in [3.63, 3.8) is 0 Å². The number of carbonyl (C=O) groups is 1. The molecule has 21 heavy (non-hydrogen) atoms. The third-order valence-electron chi connectivity index (χ3n) is 3.33. The quantitative estimate of drug-likeness (QED) is 0.744. The van der Waals surface area contributed by atoms with E-state index in [9.17, 15) is 4.79 Å². The van der Waals surface area contributed by atoms with Gasteiger partial charge in [0.05, 0.1) is 23.9 Å². The number of hydrogen-bond acceptors (Lipinski definition) is 2. The Morgan fingerprint density at radius 2 is 2.05 bits per heavy atom. The molecule has 0 bridgehead atoms. The average molecular weight is 277 g/mol. The second kappa shape index (κ2) is 5.63. The van der Waals surface area contributed by atoms with Crippen molar-refractivity contribution in [3.05, 3.63) is 73.1 Å². The van der Waals surface area contributed by atoms with Crippen LogP contribution in [0.25, 0.3) is 11.0 Å². The van der Waals surface area contributed by atoms with Crippen LogP contribution in [-0.4, -0.2) is 15.9 Å². The molecule has 1 heterocycles. The summed E-state index contributed by atoms with van der Waals surface area (Å²) in [6.45, 7) is 4.07. The first-order chi connectivity index (χ1) is 10.3. The summed E-state index contributed by atoms with van der Waals surface area (Å²) in [4.78, 5) is 21.1. The molecule has 1 N–H and O–H groups in total. The van der Waals surface area contributed by atoms with E-state index in [0.717, 1.165) is 22.3 Å². The first-order valence-electron chi connectivity index (χ1n) is 6.69. The number of carbonyl (C=O) groups excluding carboxylic acids is 1. The molecule has 3 rings (SSSR count). The van der Waals surface area contributed by atoms with Gasteiger partial charge in [-0.3, -0.25) is 4.79 Å². The molecule has 3 aromatic rings. The van der Waals surface area contributed by atoms with E-state index in [2.05, 4.69) is 16.5 Å². The molecular weight excluding hydrogens is 262 g/mol. The largest absolute Gasteiger partial charge is 0.345 e. The van der Waals surface area contributed by atoms with Crippen LogP contribution in [0.15, 0.2) is 67.5 Å². The van der Waals surface area contributed by atoms with Gasteiger partial charge in [0.2, 0.25) is 0 Å². The Balaban J connectivity index is 1.93. The minimum absolute atomic E-state index is 0.120. The number of H-pyrrole nitrogens is 1. The highest BCUT2D eigenvalue weighted by Crippen LogP contribution is 2.19. The lowest BCUT2D eigenvalue weighted by Gasteiger charge is -2.21. The molecule has 104 valence electrons. The summed E-state index contributed by atoms with van der Waals surface area (Å²) in [6, 6.07) is 15.5. The van der Waals surface area contributed by atoms with Gasteiger partial charge in [-0.1, -0.05) is 30.8 Å². The van der Waals surface area contributed by atoms with Crippen LogP contribution in [0.3, 0.4) is 0 Å². The van der Waals surface area contributed by atoms with E-state index < -0.39 is 0 Å². The average Bonchev–Trinajstić information content (AvgIpc) is 3.00. The highest BCUT2D eigenvalue weighted by Gasteiger charge is 2.13. The van der Waals surface area contributed by atoms with Crippen LogP contribution in [-0.2, 0) is 11.3 Å². The molecule has 0 unspecified atom stereocenters. The van der Waals surface area contributed by atoms with Crippen molar-refractivity contribution in [2.24, 2.45) is 0 Å². The summed E-state index contributed by atoms with van der Waals surface area (Å²) >= 11 is 0. The topological polar surface area (TPSA) is 49.0 Å². The third kappa shape index (κ3) is 2.69. The summed E-state index contributed by atoms with van der Waals surface area (Å²) in [6.07, 6.45) is 3.00. The van der Waals surface area contributed by atoms with E-state index in [1.54, 1.807) is 11.2 Å². The second-order valence-electron chi connectivity index (χ2n) is 4.72. The molecule has 1 aromatic heterocycles. The maximum atomic E-state index is 12.1. The van der Waals surface area contributed by atoms with Crippen molar-refractivity contribution in [2.45, 2.75) is 6.54 Å². The van der Waals surface area contributed by atoms with Gasteiger partial charge in [0.15, 0.2) is 0 Å². The van der Waals surface area contributed by atoms with E-state index in [0.29, 0.717) is 6.54 Å². The van der Waals surface area contributed by atoms with Gasteiger partial charge >= 0.3 is 0 Å². The first-order valence-corrected chi connectivity index (χ1v) is 6.69. The highest BCUT2D eigenvalue weighted by molar-refractivity contribution is 6.01. The molecule has 0 atom stereocenters. The fraction of sp³-hybridized carbons (Fsp3) is 0.0588. The van der Waals surface area contributed by atoms with Crippen LogP contribution in [0.1, 0.15) is 5.56 Å². The Kier molecular flexibility index (Phi) is 3.51. The Hall–Kier alpha value is -2.88. The van der Waals surface area contributed by atoms with Crippen molar-refractivity contribution >= 4 is 22.6 Å². The van der Waals surface area contributed by atoms with Crippen LogP contribution in [0.4, 0.5) is 5.69 Å². The molecular formula is C17H15N3O. The summed E-state index contributed by atoms with van der Waals surface area (Å²) in [7, 11) is 0. The van der Waals surface area contributed by atoms with E-state index in [-0.39, 0.29) is 5.91 Å². The molecule has 0 fully saturated rings. The number of aromatic nitrogens is 2. The number of anilines is 1. The molecule has 1 amide bonds. The van der Waals surface area contributed by atoms with Crippen molar-refractivity contribution in [1.82, 2.24) is 9.97 Å². The Bertz CT molecular complexity index is 777. The van der Waals surface area contributed by atoms with Gasteiger partial charge in [0.25, 0.3) is 5.91 Å². The van der Waals surface area contributed by atoms with E-state index in [1.807, 2.05) is 48.5 Å². The molecule has 0 radical (unpaired) electrons. The minimum atomic E-state index is -0.120.